The van der Waals surface area contributed by atoms with E-state index < -0.39 is 41.1 Å². The van der Waals surface area contributed by atoms with Gasteiger partial charge in [-0.3, -0.25) is 9.48 Å². The molecule has 0 spiro atoms. The first-order valence-corrected chi connectivity index (χ1v) is 4.71. The standard InChI is InChI=1S/C8H8ClF3N2O3/c1-14-7(9)5(3(15)2-4(16)17)6(13-14)8(10,11)12/h3,15H,2H2,1H3,(H,16,17)/t3-/m0/s1. The minimum atomic E-state index is -4.81. The third-order valence-electron chi connectivity index (χ3n) is 1.98. The van der Waals surface area contributed by atoms with Gasteiger partial charge in [0.2, 0.25) is 0 Å². The van der Waals surface area contributed by atoms with E-state index in [0.717, 1.165) is 11.7 Å². The van der Waals surface area contributed by atoms with Crippen molar-refractivity contribution in [3.8, 4) is 0 Å². The third kappa shape index (κ3) is 2.89. The van der Waals surface area contributed by atoms with Crippen LogP contribution in [0.15, 0.2) is 0 Å². The van der Waals surface area contributed by atoms with Gasteiger partial charge in [0.25, 0.3) is 0 Å². The number of carbonyl (C=O) groups is 1. The van der Waals surface area contributed by atoms with Crippen molar-refractivity contribution in [3.05, 3.63) is 16.4 Å². The Balaban J connectivity index is 3.26. The molecule has 0 aliphatic carbocycles. The number of halogens is 4. The number of aromatic nitrogens is 2. The molecule has 1 heterocycles. The highest BCUT2D eigenvalue weighted by Gasteiger charge is 2.40. The van der Waals surface area contributed by atoms with E-state index in [9.17, 15) is 23.1 Å². The van der Waals surface area contributed by atoms with Gasteiger partial charge in [0.05, 0.1) is 18.1 Å². The summed E-state index contributed by atoms with van der Waals surface area (Å²) in [7, 11) is 1.16. The van der Waals surface area contributed by atoms with Crippen LogP contribution in [0.1, 0.15) is 23.8 Å². The quantitative estimate of drug-likeness (QED) is 0.876. The van der Waals surface area contributed by atoms with Gasteiger partial charge in [-0.05, 0) is 0 Å². The second-order valence-electron chi connectivity index (χ2n) is 3.29. The molecule has 96 valence electrons. The predicted molar refractivity (Wildman–Crippen MR) is 50.4 cm³/mol. The van der Waals surface area contributed by atoms with Crippen molar-refractivity contribution in [1.82, 2.24) is 9.78 Å². The Labute approximate surface area is 98.4 Å². The molecule has 1 aromatic heterocycles. The predicted octanol–water partition coefficient (Wildman–Crippen LogP) is 1.60. The summed E-state index contributed by atoms with van der Waals surface area (Å²) in [5, 5.41) is 20.5. The lowest BCUT2D eigenvalue weighted by molar-refractivity contribution is -0.145. The van der Waals surface area contributed by atoms with Crippen molar-refractivity contribution in [2.75, 3.05) is 0 Å². The zero-order valence-corrected chi connectivity index (χ0v) is 9.25. The topological polar surface area (TPSA) is 75.3 Å². The Morgan fingerprint density at radius 2 is 2.12 bits per heavy atom. The number of rotatable bonds is 3. The molecular formula is C8H8ClF3N2O3. The molecule has 0 aliphatic rings. The first-order chi connectivity index (χ1) is 7.64. The molecule has 0 bridgehead atoms. The fraction of sp³-hybridized carbons (Fsp3) is 0.500. The first kappa shape index (κ1) is 13.8. The number of aliphatic hydroxyl groups is 1. The lowest BCUT2D eigenvalue weighted by Crippen LogP contribution is -2.13. The van der Waals surface area contributed by atoms with Crippen molar-refractivity contribution in [2.45, 2.75) is 18.7 Å². The SMILES string of the molecule is Cn1nc(C(F)(F)F)c([C@@H](O)CC(=O)O)c1Cl. The van der Waals surface area contributed by atoms with Crippen LogP contribution in [0.5, 0.6) is 0 Å². The molecule has 0 saturated carbocycles. The van der Waals surface area contributed by atoms with Gasteiger partial charge in [-0.2, -0.15) is 18.3 Å². The molecule has 0 aliphatic heterocycles. The molecule has 0 saturated heterocycles. The van der Waals surface area contributed by atoms with Crippen molar-refractivity contribution in [1.29, 1.82) is 0 Å². The van der Waals surface area contributed by atoms with E-state index >= 15 is 0 Å². The third-order valence-corrected chi connectivity index (χ3v) is 2.43. The summed E-state index contributed by atoms with van der Waals surface area (Å²) in [6.07, 6.45) is -7.54. The monoisotopic (exact) mass is 272 g/mol. The van der Waals surface area contributed by atoms with Crippen LogP contribution in [-0.2, 0) is 18.0 Å². The highest BCUT2D eigenvalue weighted by Crippen LogP contribution is 2.38. The highest BCUT2D eigenvalue weighted by atomic mass is 35.5. The van der Waals surface area contributed by atoms with Gasteiger partial charge in [-0.15, -0.1) is 0 Å². The van der Waals surface area contributed by atoms with E-state index in [-0.39, 0.29) is 0 Å². The van der Waals surface area contributed by atoms with E-state index in [1.54, 1.807) is 0 Å². The number of aliphatic carboxylic acids is 1. The van der Waals surface area contributed by atoms with Crippen LogP contribution in [0.2, 0.25) is 5.15 Å². The summed E-state index contributed by atoms with van der Waals surface area (Å²) >= 11 is 5.55. The number of alkyl halides is 3. The summed E-state index contributed by atoms with van der Waals surface area (Å²) < 4.78 is 38.4. The minimum absolute atomic E-state index is 0.439. The van der Waals surface area contributed by atoms with Gasteiger partial charge in [-0.1, -0.05) is 11.6 Å². The number of aliphatic hydroxyl groups excluding tert-OH is 1. The molecule has 0 unspecified atom stereocenters. The number of carboxylic acid groups (broad SMARTS) is 1. The van der Waals surface area contributed by atoms with Gasteiger partial charge in [0.1, 0.15) is 5.15 Å². The Morgan fingerprint density at radius 1 is 1.59 bits per heavy atom. The Morgan fingerprint density at radius 3 is 2.53 bits per heavy atom. The maximum Gasteiger partial charge on any atom is 0.435 e. The lowest BCUT2D eigenvalue weighted by atomic mass is 10.1. The normalized spacial score (nSPS) is 13.8. The van der Waals surface area contributed by atoms with Crippen molar-refractivity contribution < 1.29 is 28.2 Å². The summed E-state index contributed by atoms with van der Waals surface area (Å²) in [6.45, 7) is 0. The van der Waals surface area contributed by atoms with E-state index in [0.29, 0.717) is 0 Å². The van der Waals surface area contributed by atoms with E-state index in [1.807, 2.05) is 0 Å². The number of carboxylic acids is 1. The second kappa shape index (κ2) is 4.53. The molecule has 0 fully saturated rings. The first-order valence-electron chi connectivity index (χ1n) is 4.34. The second-order valence-corrected chi connectivity index (χ2v) is 3.65. The number of hydrogen-bond donors (Lipinski definition) is 2. The van der Waals surface area contributed by atoms with Gasteiger partial charge in [0.15, 0.2) is 5.69 Å². The van der Waals surface area contributed by atoms with Gasteiger partial charge in [-0.25, -0.2) is 0 Å². The van der Waals surface area contributed by atoms with Crippen LogP contribution >= 0.6 is 11.6 Å². The van der Waals surface area contributed by atoms with Gasteiger partial charge in [0, 0.05) is 7.05 Å². The number of aryl methyl sites for hydroxylation is 1. The highest BCUT2D eigenvalue weighted by molar-refractivity contribution is 6.30. The minimum Gasteiger partial charge on any atom is -0.481 e. The Kier molecular flexibility index (Phi) is 3.68. The molecule has 1 rings (SSSR count). The molecule has 2 N–H and O–H groups in total. The van der Waals surface area contributed by atoms with Gasteiger partial charge < -0.3 is 10.2 Å². The van der Waals surface area contributed by atoms with E-state index in [4.69, 9.17) is 16.7 Å². The maximum absolute atomic E-state index is 12.5. The number of nitrogens with zero attached hydrogens (tertiary/aromatic N) is 2. The van der Waals surface area contributed by atoms with E-state index in [2.05, 4.69) is 5.10 Å². The molecular weight excluding hydrogens is 265 g/mol. The lowest BCUT2D eigenvalue weighted by Gasteiger charge is -2.10. The Bertz CT molecular complexity index is 444. The molecule has 1 atom stereocenters. The summed E-state index contributed by atoms with van der Waals surface area (Å²) in [4.78, 5) is 10.4. The molecule has 0 radical (unpaired) electrons. The fourth-order valence-corrected chi connectivity index (χ4v) is 1.55. The van der Waals surface area contributed by atoms with Crippen LogP contribution < -0.4 is 0 Å². The smallest absolute Gasteiger partial charge is 0.435 e. The molecule has 5 nitrogen and oxygen atoms in total. The average molecular weight is 273 g/mol. The summed E-state index contributed by atoms with van der Waals surface area (Å²) in [6, 6.07) is 0. The van der Waals surface area contributed by atoms with Crippen molar-refractivity contribution >= 4 is 17.6 Å². The van der Waals surface area contributed by atoms with Crippen LogP contribution in [0.4, 0.5) is 13.2 Å². The number of hydrogen-bond acceptors (Lipinski definition) is 3. The molecule has 1 aromatic rings. The largest absolute Gasteiger partial charge is 0.481 e. The van der Waals surface area contributed by atoms with Crippen molar-refractivity contribution in [2.24, 2.45) is 7.05 Å². The van der Waals surface area contributed by atoms with Crippen LogP contribution in [0.3, 0.4) is 0 Å². The average Bonchev–Trinajstić information content (AvgIpc) is 2.41. The molecule has 17 heavy (non-hydrogen) atoms. The van der Waals surface area contributed by atoms with Crippen LogP contribution in [-0.4, -0.2) is 26.0 Å². The molecule has 0 amide bonds. The zero-order chi connectivity index (χ0) is 13.4. The van der Waals surface area contributed by atoms with Crippen molar-refractivity contribution in [3.63, 3.8) is 0 Å². The maximum atomic E-state index is 12.5. The molecule has 9 heteroatoms. The zero-order valence-electron chi connectivity index (χ0n) is 8.49. The van der Waals surface area contributed by atoms with E-state index in [1.165, 1.54) is 0 Å². The fourth-order valence-electron chi connectivity index (χ4n) is 1.29. The van der Waals surface area contributed by atoms with Crippen LogP contribution in [0.25, 0.3) is 0 Å². The Hall–Kier alpha value is -1.28. The summed E-state index contributed by atoms with van der Waals surface area (Å²) in [5.74, 6) is -1.44. The summed E-state index contributed by atoms with van der Waals surface area (Å²) in [5.41, 5.74) is -2.09. The molecule has 0 aromatic carbocycles. The van der Waals surface area contributed by atoms with Gasteiger partial charge >= 0.3 is 12.1 Å². The van der Waals surface area contributed by atoms with Crippen LogP contribution in [0, 0.1) is 0 Å².